The van der Waals surface area contributed by atoms with Crippen LogP contribution in [0.5, 0.6) is 11.5 Å². The predicted molar refractivity (Wildman–Crippen MR) is 102 cm³/mol. The molecular weight excluding hydrogens is 338 g/mol. The lowest BCUT2D eigenvalue weighted by Gasteiger charge is -2.19. The number of hydrogen-bond donors (Lipinski definition) is 0. The summed E-state index contributed by atoms with van der Waals surface area (Å²) in [7, 11) is 3.27. The van der Waals surface area contributed by atoms with Gasteiger partial charge in [-0.15, -0.1) is 0 Å². The van der Waals surface area contributed by atoms with Crippen LogP contribution in [0.1, 0.15) is 30.6 Å². The summed E-state index contributed by atoms with van der Waals surface area (Å²) in [6.45, 7) is 4.80. The molecule has 5 heteroatoms. The summed E-state index contributed by atoms with van der Waals surface area (Å²) in [6, 6.07) is 12.7. The van der Waals surface area contributed by atoms with Gasteiger partial charge in [0.15, 0.2) is 11.5 Å². The molecular formula is C20H24ClNO3. The average Bonchev–Trinajstić information content (AvgIpc) is 2.61. The highest BCUT2D eigenvalue weighted by atomic mass is 35.5. The normalized spacial score (nSPS) is 10.6. The van der Waals surface area contributed by atoms with Crippen molar-refractivity contribution < 1.29 is 14.3 Å². The molecule has 1 amide bonds. The fourth-order valence-corrected chi connectivity index (χ4v) is 2.61. The Morgan fingerprint density at radius 1 is 1.20 bits per heavy atom. The summed E-state index contributed by atoms with van der Waals surface area (Å²) in [6.07, 6.45) is 0.914. The van der Waals surface area contributed by atoms with E-state index < -0.39 is 0 Å². The van der Waals surface area contributed by atoms with Gasteiger partial charge in [-0.2, -0.15) is 0 Å². The monoisotopic (exact) mass is 361 g/mol. The van der Waals surface area contributed by atoms with E-state index in [1.54, 1.807) is 24.1 Å². The van der Waals surface area contributed by atoms with Gasteiger partial charge < -0.3 is 14.4 Å². The van der Waals surface area contributed by atoms with Gasteiger partial charge in [0, 0.05) is 18.3 Å². The number of ether oxygens (including phenoxy) is 2. The van der Waals surface area contributed by atoms with Gasteiger partial charge in [0.05, 0.1) is 18.7 Å². The van der Waals surface area contributed by atoms with Crippen molar-refractivity contribution in [2.75, 3.05) is 25.7 Å². The largest absolute Gasteiger partial charge is 0.493 e. The van der Waals surface area contributed by atoms with Gasteiger partial charge in [-0.05, 0) is 36.6 Å². The highest BCUT2D eigenvalue weighted by molar-refractivity contribution is 6.32. The molecule has 0 aliphatic heterocycles. The summed E-state index contributed by atoms with van der Waals surface area (Å²) < 4.78 is 11.1. The van der Waals surface area contributed by atoms with Gasteiger partial charge in [-0.3, -0.25) is 4.79 Å². The first kappa shape index (κ1) is 19.1. The minimum Gasteiger partial charge on any atom is -0.493 e. The van der Waals surface area contributed by atoms with E-state index in [1.165, 1.54) is 7.11 Å². The molecule has 0 atom stereocenters. The standard InChI is InChI=1S/C20H24ClNO3/c1-14(2)10-11-25-19-17(21)12-15(13-18(19)24-4)20(23)22(3)16-8-6-5-7-9-16/h5-9,12-14H,10-11H2,1-4H3. The van der Waals surface area contributed by atoms with E-state index in [4.69, 9.17) is 21.1 Å². The Labute approximate surface area is 154 Å². The van der Waals surface area contributed by atoms with Crippen LogP contribution in [-0.4, -0.2) is 26.7 Å². The molecule has 0 fully saturated rings. The highest BCUT2D eigenvalue weighted by Gasteiger charge is 2.19. The average molecular weight is 362 g/mol. The van der Waals surface area contributed by atoms with E-state index in [2.05, 4.69) is 13.8 Å². The van der Waals surface area contributed by atoms with Crippen LogP contribution in [-0.2, 0) is 0 Å². The lowest BCUT2D eigenvalue weighted by molar-refractivity contribution is 0.0992. The lowest BCUT2D eigenvalue weighted by Crippen LogP contribution is -2.26. The zero-order valence-electron chi connectivity index (χ0n) is 15.1. The highest BCUT2D eigenvalue weighted by Crippen LogP contribution is 2.37. The second kappa shape index (κ2) is 8.77. The molecule has 0 aliphatic carbocycles. The third-order valence-corrected chi connectivity index (χ3v) is 4.15. The Kier molecular flexibility index (Phi) is 6.71. The number of rotatable bonds is 7. The molecule has 2 rings (SSSR count). The third kappa shape index (κ3) is 4.89. The molecule has 134 valence electrons. The van der Waals surface area contributed by atoms with Crippen LogP contribution in [0.3, 0.4) is 0 Å². The fourth-order valence-electron chi connectivity index (χ4n) is 2.34. The van der Waals surface area contributed by atoms with E-state index in [9.17, 15) is 4.79 Å². The molecule has 2 aromatic carbocycles. The molecule has 0 saturated carbocycles. The van der Waals surface area contributed by atoms with Crippen molar-refractivity contribution in [1.29, 1.82) is 0 Å². The number of carbonyl (C=O) groups is 1. The van der Waals surface area contributed by atoms with Gasteiger partial charge >= 0.3 is 0 Å². The number of nitrogens with zero attached hydrogens (tertiary/aromatic N) is 1. The number of para-hydroxylation sites is 1. The Bertz CT molecular complexity index is 716. The quantitative estimate of drug-likeness (QED) is 0.692. The van der Waals surface area contributed by atoms with Crippen molar-refractivity contribution >= 4 is 23.2 Å². The first-order chi connectivity index (χ1) is 11.9. The zero-order chi connectivity index (χ0) is 18.4. The van der Waals surface area contributed by atoms with Crippen molar-refractivity contribution in [3.8, 4) is 11.5 Å². The van der Waals surface area contributed by atoms with Crippen LogP contribution in [0.15, 0.2) is 42.5 Å². The van der Waals surface area contributed by atoms with Gasteiger partial charge in [-0.25, -0.2) is 0 Å². The van der Waals surface area contributed by atoms with Gasteiger partial charge in [0.25, 0.3) is 5.91 Å². The summed E-state index contributed by atoms with van der Waals surface area (Å²) in [5.74, 6) is 1.30. The smallest absolute Gasteiger partial charge is 0.258 e. The van der Waals surface area contributed by atoms with Crippen molar-refractivity contribution in [2.24, 2.45) is 5.92 Å². The van der Waals surface area contributed by atoms with Crippen LogP contribution >= 0.6 is 11.6 Å². The van der Waals surface area contributed by atoms with E-state index in [-0.39, 0.29) is 5.91 Å². The Morgan fingerprint density at radius 3 is 2.48 bits per heavy atom. The summed E-state index contributed by atoms with van der Waals surface area (Å²) >= 11 is 6.35. The minimum absolute atomic E-state index is 0.167. The summed E-state index contributed by atoms with van der Waals surface area (Å²) in [5, 5.41) is 0.368. The third-order valence-electron chi connectivity index (χ3n) is 3.87. The molecule has 0 N–H and O–H groups in total. The molecule has 25 heavy (non-hydrogen) atoms. The van der Waals surface area contributed by atoms with Crippen LogP contribution in [0.4, 0.5) is 5.69 Å². The fraction of sp³-hybridized carbons (Fsp3) is 0.350. The zero-order valence-corrected chi connectivity index (χ0v) is 15.8. The number of hydrogen-bond acceptors (Lipinski definition) is 3. The maximum atomic E-state index is 12.8. The first-order valence-electron chi connectivity index (χ1n) is 8.27. The maximum Gasteiger partial charge on any atom is 0.258 e. The predicted octanol–water partition coefficient (Wildman–Crippen LogP) is 5.05. The Balaban J connectivity index is 2.24. The van der Waals surface area contributed by atoms with E-state index in [1.807, 2.05) is 30.3 Å². The van der Waals surface area contributed by atoms with Gasteiger partial charge in [0.1, 0.15) is 0 Å². The molecule has 0 radical (unpaired) electrons. The Morgan fingerprint density at radius 2 is 1.88 bits per heavy atom. The van der Waals surface area contributed by atoms with Gasteiger partial charge in [0.2, 0.25) is 0 Å². The maximum absolute atomic E-state index is 12.8. The lowest BCUT2D eigenvalue weighted by atomic mass is 10.1. The van der Waals surface area contributed by atoms with Crippen molar-refractivity contribution in [2.45, 2.75) is 20.3 Å². The number of halogens is 1. The Hall–Kier alpha value is -2.20. The van der Waals surface area contributed by atoms with E-state index in [0.717, 1.165) is 12.1 Å². The molecule has 0 heterocycles. The minimum atomic E-state index is -0.167. The molecule has 0 bridgehead atoms. The number of carbonyl (C=O) groups excluding carboxylic acids is 1. The number of anilines is 1. The molecule has 0 saturated heterocycles. The van der Waals surface area contributed by atoms with Crippen LogP contribution in [0.2, 0.25) is 5.02 Å². The molecule has 0 spiro atoms. The van der Waals surface area contributed by atoms with Crippen molar-refractivity contribution in [1.82, 2.24) is 0 Å². The van der Waals surface area contributed by atoms with E-state index >= 15 is 0 Å². The number of methoxy groups -OCH3 is 1. The summed E-state index contributed by atoms with van der Waals surface area (Å²) in [5.41, 5.74) is 1.25. The first-order valence-corrected chi connectivity index (χ1v) is 8.65. The number of amides is 1. The van der Waals surface area contributed by atoms with Crippen molar-refractivity contribution in [3.05, 3.63) is 53.1 Å². The molecule has 0 aliphatic rings. The molecule has 4 nitrogen and oxygen atoms in total. The second-order valence-electron chi connectivity index (χ2n) is 6.22. The molecule has 0 aromatic heterocycles. The summed E-state index contributed by atoms with van der Waals surface area (Å²) in [4.78, 5) is 14.3. The van der Waals surface area contributed by atoms with Crippen LogP contribution in [0, 0.1) is 5.92 Å². The van der Waals surface area contributed by atoms with Crippen molar-refractivity contribution in [3.63, 3.8) is 0 Å². The SMILES string of the molecule is COc1cc(C(=O)N(C)c2ccccc2)cc(Cl)c1OCCC(C)C. The van der Waals surface area contributed by atoms with Crippen LogP contribution in [0.25, 0.3) is 0 Å². The number of benzene rings is 2. The van der Waals surface area contributed by atoms with Gasteiger partial charge in [-0.1, -0.05) is 43.6 Å². The van der Waals surface area contributed by atoms with E-state index in [0.29, 0.717) is 34.6 Å². The second-order valence-corrected chi connectivity index (χ2v) is 6.63. The topological polar surface area (TPSA) is 38.8 Å². The molecule has 0 unspecified atom stereocenters. The molecule has 2 aromatic rings. The van der Waals surface area contributed by atoms with Crippen LogP contribution < -0.4 is 14.4 Å².